The summed E-state index contributed by atoms with van der Waals surface area (Å²) in [5.41, 5.74) is 11.1. The number of amides is 1. The van der Waals surface area contributed by atoms with Crippen molar-refractivity contribution in [1.29, 1.82) is 0 Å². The van der Waals surface area contributed by atoms with E-state index < -0.39 is 0 Å². The first-order valence-corrected chi connectivity index (χ1v) is 5.97. The molecule has 0 aromatic rings. The molecule has 1 rings (SSSR count). The molecule has 0 aliphatic heterocycles. The average Bonchev–Trinajstić information content (AvgIpc) is 2.27. The lowest BCUT2D eigenvalue weighted by Crippen LogP contribution is -2.43. The van der Waals surface area contributed by atoms with Crippen LogP contribution in [0.4, 0.5) is 0 Å². The molecule has 1 aliphatic carbocycles. The number of rotatable bonds is 5. The second-order valence-electron chi connectivity index (χ2n) is 4.43. The summed E-state index contributed by atoms with van der Waals surface area (Å²) in [6, 6.07) is -0.348. The van der Waals surface area contributed by atoms with Gasteiger partial charge in [-0.1, -0.05) is 32.1 Å². The van der Waals surface area contributed by atoms with Gasteiger partial charge in [0.15, 0.2) is 0 Å². The van der Waals surface area contributed by atoms with Crippen molar-refractivity contribution in [2.24, 2.45) is 17.4 Å². The molecule has 1 aliphatic rings. The first-order chi connectivity index (χ1) is 7.24. The summed E-state index contributed by atoms with van der Waals surface area (Å²) < 4.78 is 0. The second kappa shape index (κ2) is 6.80. The van der Waals surface area contributed by atoms with Crippen LogP contribution in [0.15, 0.2) is 0 Å². The van der Waals surface area contributed by atoms with Crippen molar-refractivity contribution in [3.05, 3.63) is 0 Å². The molecule has 1 amide bonds. The Balaban J connectivity index is 2.20. The fraction of sp³-hybridized carbons (Fsp3) is 0.909. The molecule has 0 saturated heterocycles. The van der Waals surface area contributed by atoms with Crippen LogP contribution in [0, 0.1) is 5.92 Å². The molecule has 88 valence electrons. The molecule has 4 nitrogen and oxygen atoms in total. The Hall–Kier alpha value is -0.610. The minimum absolute atomic E-state index is 0.0500. The lowest BCUT2D eigenvalue weighted by atomic mass is 9.85. The monoisotopic (exact) mass is 213 g/mol. The van der Waals surface area contributed by atoms with Crippen molar-refractivity contribution in [3.63, 3.8) is 0 Å². The van der Waals surface area contributed by atoms with Crippen LogP contribution in [0.5, 0.6) is 0 Å². The summed E-state index contributed by atoms with van der Waals surface area (Å²) >= 11 is 0. The zero-order chi connectivity index (χ0) is 11.1. The third-order valence-corrected chi connectivity index (χ3v) is 3.09. The van der Waals surface area contributed by atoms with Gasteiger partial charge in [0.05, 0.1) is 6.04 Å². The van der Waals surface area contributed by atoms with Crippen LogP contribution in [-0.2, 0) is 4.79 Å². The summed E-state index contributed by atoms with van der Waals surface area (Å²) in [5.74, 6) is 0.600. The smallest absolute Gasteiger partial charge is 0.236 e. The molecule has 1 saturated carbocycles. The van der Waals surface area contributed by atoms with Gasteiger partial charge in [0.2, 0.25) is 5.91 Å². The molecule has 1 atom stereocenters. The van der Waals surface area contributed by atoms with E-state index >= 15 is 0 Å². The fourth-order valence-corrected chi connectivity index (χ4v) is 2.22. The molecule has 0 spiro atoms. The van der Waals surface area contributed by atoms with Gasteiger partial charge < -0.3 is 16.8 Å². The first-order valence-electron chi connectivity index (χ1n) is 5.97. The van der Waals surface area contributed by atoms with Gasteiger partial charge in [-0.2, -0.15) is 0 Å². The van der Waals surface area contributed by atoms with Crippen molar-refractivity contribution in [3.8, 4) is 0 Å². The predicted molar refractivity (Wildman–Crippen MR) is 61.2 cm³/mol. The van der Waals surface area contributed by atoms with Gasteiger partial charge in [0.1, 0.15) is 0 Å². The summed E-state index contributed by atoms with van der Waals surface area (Å²) in [4.78, 5) is 11.5. The van der Waals surface area contributed by atoms with Gasteiger partial charge >= 0.3 is 0 Å². The molecule has 0 radical (unpaired) electrons. The van der Waals surface area contributed by atoms with Crippen molar-refractivity contribution in [2.75, 3.05) is 13.1 Å². The molecule has 0 aromatic heterocycles. The van der Waals surface area contributed by atoms with E-state index in [9.17, 15) is 4.79 Å². The van der Waals surface area contributed by atoms with Crippen molar-refractivity contribution >= 4 is 5.91 Å². The SMILES string of the molecule is NCCNC(=O)C(N)CC1CCCCC1. The van der Waals surface area contributed by atoms with Crippen LogP contribution in [0.3, 0.4) is 0 Å². The van der Waals surface area contributed by atoms with E-state index in [0.717, 1.165) is 6.42 Å². The van der Waals surface area contributed by atoms with E-state index in [2.05, 4.69) is 5.32 Å². The number of hydrogen-bond acceptors (Lipinski definition) is 3. The van der Waals surface area contributed by atoms with Crippen molar-refractivity contribution < 1.29 is 4.79 Å². The van der Waals surface area contributed by atoms with Gasteiger partial charge in [-0.05, 0) is 12.3 Å². The van der Waals surface area contributed by atoms with E-state index in [1.807, 2.05) is 0 Å². The number of nitrogens with two attached hydrogens (primary N) is 2. The Kier molecular flexibility index (Phi) is 5.65. The van der Waals surface area contributed by atoms with Gasteiger partial charge in [0.25, 0.3) is 0 Å². The molecule has 4 heteroatoms. The van der Waals surface area contributed by atoms with Crippen LogP contribution in [0.25, 0.3) is 0 Å². The predicted octanol–water partition coefficient (Wildman–Crippen LogP) is 0.359. The number of hydrogen-bond donors (Lipinski definition) is 3. The minimum atomic E-state index is -0.348. The molecule has 1 fully saturated rings. The Labute approximate surface area is 91.8 Å². The largest absolute Gasteiger partial charge is 0.353 e. The van der Waals surface area contributed by atoms with Crippen LogP contribution >= 0.6 is 0 Å². The van der Waals surface area contributed by atoms with Gasteiger partial charge in [-0.3, -0.25) is 4.79 Å². The molecule has 0 bridgehead atoms. The normalized spacial score (nSPS) is 19.9. The highest BCUT2D eigenvalue weighted by Crippen LogP contribution is 2.26. The highest BCUT2D eigenvalue weighted by molar-refractivity contribution is 5.81. The molecular formula is C11H23N3O. The van der Waals surface area contributed by atoms with Gasteiger partial charge in [-0.15, -0.1) is 0 Å². The Morgan fingerprint density at radius 2 is 2.00 bits per heavy atom. The zero-order valence-electron chi connectivity index (χ0n) is 9.37. The molecule has 1 unspecified atom stereocenters. The average molecular weight is 213 g/mol. The van der Waals surface area contributed by atoms with Crippen molar-refractivity contribution in [1.82, 2.24) is 5.32 Å². The van der Waals surface area contributed by atoms with E-state index in [0.29, 0.717) is 19.0 Å². The van der Waals surface area contributed by atoms with E-state index in [-0.39, 0.29) is 11.9 Å². The zero-order valence-corrected chi connectivity index (χ0v) is 9.37. The third kappa shape index (κ3) is 4.62. The molecule has 5 N–H and O–H groups in total. The van der Waals surface area contributed by atoms with Crippen LogP contribution in [0.1, 0.15) is 38.5 Å². The highest BCUT2D eigenvalue weighted by atomic mass is 16.2. The maximum absolute atomic E-state index is 11.5. The number of carbonyl (C=O) groups is 1. The Morgan fingerprint density at radius 3 is 2.60 bits per heavy atom. The van der Waals surface area contributed by atoms with E-state index in [4.69, 9.17) is 11.5 Å². The summed E-state index contributed by atoms with van der Waals surface area (Å²) in [6.45, 7) is 0.999. The topological polar surface area (TPSA) is 81.1 Å². The summed E-state index contributed by atoms with van der Waals surface area (Å²) in [5, 5.41) is 2.73. The minimum Gasteiger partial charge on any atom is -0.353 e. The van der Waals surface area contributed by atoms with Crippen LogP contribution in [0.2, 0.25) is 0 Å². The first kappa shape index (κ1) is 12.5. The maximum atomic E-state index is 11.5. The van der Waals surface area contributed by atoms with Gasteiger partial charge in [0, 0.05) is 13.1 Å². The standard InChI is InChI=1S/C11H23N3O/c12-6-7-14-11(15)10(13)8-9-4-2-1-3-5-9/h9-10H,1-8,12-13H2,(H,14,15). The highest BCUT2D eigenvalue weighted by Gasteiger charge is 2.20. The van der Waals surface area contributed by atoms with Crippen LogP contribution < -0.4 is 16.8 Å². The number of nitrogens with one attached hydrogen (secondary N) is 1. The number of carbonyl (C=O) groups excluding carboxylic acids is 1. The Bertz CT molecular complexity index is 190. The maximum Gasteiger partial charge on any atom is 0.236 e. The lowest BCUT2D eigenvalue weighted by Gasteiger charge is -2.24. The quantitative estimate of drug-likeness (QED) is 0.616. The van der Waals surface area contributed by atoms with Crippen LogP contribution in [-0.4, -0.2) is 25.0 Å². The van der Waals surface area contributed by atoms with Gasteiger partial charge in [-0.25, -0.2) is 0 Å². The lowest BCUT2D eigenvalue weighted by molar-refractivity contribution is -0.122. The molecule has 0 aromatic carbocycles. The third-order valence-electron chi connectivity index (χ3n) is 3.09. The van der Waals surface area contributed by atoms with E-state index in [1.165, 1.54) is 32.1 Å². The fourth-order valence-electron chi connectivity index (χ4n) is 2.22. The molecule has 0 heterocycles. The summed E-state index contributed by atoms with van der Waals surface area (Å²) in [7, 11) is 0. The summed E-state index contributed by atoms with van der Waals surface area (Å²) in [6.07, 6.45) is 7.22. The van der Waals surface area contributed by atoms with E-state index in [1.54, 1.807) is 0 Å². The Morgan fingerprint density at radius 1 is 1.33 bits per heavy atom. The molecule has 15 heavy (non-hydrogen) atoms. The molecular weight excluding hydrogens is 190 g/mol. The second-order valence-corrected chi connectivity index (χ2v) is 4.43. The van der Waals surface area contributed by atoms with Crippen molar-refractivity contribution in [2.45, 2.75) is 44.6 Å².